The summed E-state index contributed by atoms with van der Waals surface area (Å²) in [5, 5.41) is 2.92. The zero-order valence-corrected chi connectivity index (χ0v) is 14.8. The number of benzene rings is 1. The maximum atomic E-state index is 12.1. The zero-order valence-electron chi connectivity index (χ0n) is 10.2. The average Bonchev–Trinajstić information content (AvgIpc) is 2.29. The van der Waals surface area contributed by atoms with E-state index in [2.05, 4.69) is 43.8 Å². The molecular formula is C12H15BrINO2S. The molecule has 1 amide bonds. The topological polar surface area (TPSA) is 46.2 Å². The lowest BCUT2D eigenvalue weighted by molar-refractivity contribution is 0.0938. The third kappa shape index (κ3) is 5.36. The van der Waals surface area contributed by atoms with E-state index in [1.165, 1.54) is 0 Å². The Morgan fingerprint density at radius 1 is 1.56 bits per heavy atom. The molecule has 2 atom stereocenters. The Balaban J connectivity index is 2.64. The summed E-state index contributed by atoms with van der Waals surface area (Å²) in [5.74, 6) is 0.520. The Morgan fingerprint density at radius 3 is 2.83 bits per heavy atom. The second-order valence-corrected chi connectivity index (χ2v) is 7.70. The molecule has 0 saturated heterocycles. The first-order valence-electron chi connectivity index (χ1n) is 5.46. The maximum absolute atomic E-state index is 12.1. The Morgan fingerprint density at radius 2 is 2.22 bits per heavy atom. The number of hydrogen-bond acceptors (Lipinski definition) is 2. The number of nitrogens with one attached hydrogen (secondary N) is 1. The van der Waals surface area contributed by atoms with E-state index in [1.54, 1.807) is 6.26 Å². The predicted molar refractivity (Wildman–Crippen MR) is 87.3 cm³/mol. The van der Waals surface area contributed by atoms with E-state index >= 15 is 0 Å². The van der Waals surface area contributed by atoms with Gasteiger partial charge < -0.3 is 5.32 Å². The number of halogens is 2. The average molecular weight is 444 g/mol. The number of carbonyl (C=O) groups excluding carboxylic acids is 1. The number of carbonyl (C=O) groups is 1. The zero-order chi connectivity index (χ0) is 13.7. The van der Waals surface area contributed by atoms with E-state index in [0.29, 0.717) is 11.3 Å². The first-order chi connectivity index (χ1) is 8.40. The fourth-order valence-corrected chi connectivity index (χ4v) is 3.01. The molecule has 3 nitrogen and oxygen atoms in total. The van der Waals surface area contributed by atoms with Crippen LogP contribution >= 0.6 is 38.5 Å². The summed E-state index contributed by atoms with van der Waals surface area (Å²) in [5.41, 5.74) is 0.662. The van der Waals surface area contributed by atoms with Crippen LogP contribution < -0.4 is 5.32 Å². The molecule has 0 aliphatic heterocycles. The maximum Gasteiger partial charge on any atom is 0.252 e. The Kier molecular flexibility index (Phi) is 6.79. The highest BCUT2D eigenvalue weighted by Crippen LogP contribution is 2.18. The van der Waals surface area contributed by atoms with Crippen LogP contribution in [0.1, 0.15) is 23.7 Å². The van der Waals surface area contributed by atoms with Gasteiger partial charge >= 0.3 is 0 Å². The van der Waals surface area contributed by atoms with Crippen LogP contribution in [0, 0.1) is 3.57 Å². The van der Waals surface area contributed by atoms with Crippen molar-refractivity contribution in [2.45, 2.75) is 19.4 Å². The Labute approximate surface area is 132 Å². The van der Waals surface area contributed by atoms with Crippen molar-refractivity contribution in [3.05, 3.63) is 31.8 Å². The first-order valence-corrected chi connectivity index (χ1v) is 9.06. The van der Waals surface area contributed by atoms with Crippen molar-refractivity contribution >= 4 is 55.2 Å². The fourth-order valence-electron chi connectivity index (χ4n) is 1.39. The van der Waals surface area contributed by atoms with Crippen LogP contribution in [0.4, 0.5) is 0 Å². The van der Waals surface area contributed by atoms with Crippen molar-refractivity contribution in [3.8, 4) is 0 Å². The molecule has 1 rings (SSSR count). The van der Waals surface area contributed by atoms with E-state index in [9.17, 15) is 9.00 Å². The summed E-state index contributed by atoms with van der Waals surface area (Å²) in [6.07, 6.45) is 2.39. The summed E-state index contributed by atoms with van der Waals surface area (Å²) in [6.45, 7) is 1.93. The largest absolute Gasteiger partial charge is 0.350 e. The summed E-state index contributed by atoms with van der Waals surface area (Å²) >= 11 is 5.50. The highest BCUT2D eigenvalue weighted by molar-refractivity contribution is 14.1. The quantitative estimate of drug-likeness (QED) is 0.711. The summed E-state index contributed by atoms with van der Waals surface area (Å²) < 4.78 is 12.8. The summed E-state index contributed by atoms with van der Waals surface area (Å²) in [6, 6.07) is 5.63. The standard InChI is InChI=1S/C12H15BrINO2S/c1-8(5-6-18(2)17)15-12(16)10-7-9(13)3-4-11(10)14/h3-4,7-8H,5-6H2,1-2H3,(H,15,16). The monoisotopic (exact) mass is 443 g/mol. The van der Waals surface area contributed by atoms with Gasteiger partial charge in [-0.05, 0) is 54.1 Å². The van der Waals surface area contributed by atoms with Crippen molar-refractivity contribution in [2.75, 3.05) is 12.0 Å². The van der Waals surface area contributed by atoms with Gasteiger partial charge in [0.05, 0.1) is 5.56 Å². The van der Waals surface area contributed by atoms with Gasteiger partial charge in [-0.15, -0.1) is 0 Å². The van der Waals surface area contributed by atoms with Gasteiger partial charge in [0.25, 0.3) is 5.91 Å². The van der Waals surface area contributed by atoms with E-state index in [0.717, 1.165) is 14.5 Å². The van der Waals surface area contributed by atoms with Crippen molar-refractivity contribution < 1.29 is 9.00 Å². The van der Waals surface area contributed by atoms with Crippen LogP contribution in [0.5, 0.6) is 0 Å². The molecular weight excluding hydrogens is 429 g/mol. The van der Waals surface area contributed by atoms with Crippen LogP contribution in [0.2, 0.25) is 0 Å². The van der Waals surface area contributed by atoms with E-state index < -0.39 is 10.8 Å². The van der Waals surface area contributed by atoms with Crippen LogP contribution in [0.25, 0.3) is 0 Å². The van der Waals surface area contributed by atoms with Crippen molar-refractivity contribution in [1.82, 2.24) is 5.32 Å². The fraction of sp³-hybridized carbons (Fsp3) is 0.417. The molecule has 0 aliphatic rings. The normalized spacial score (nSPS) is 14.0. The van der Waals surface area contributed by atoms with Crippen LogP contribution in [-0.2, 0) is 10.8 Å². The third-order valence-corrected chi connectivity index (χ3v) is 4.63. The lowest BCUT2D eigenvalue weighted by Gasteiger charge is -2.14. The molecule has 6 heteroatoms. The molecule has 1 aromatic carbocycles. The predicted octanol–water partition coefficient (Wildman–Crippen LogP) is 2.94. The molecule has 0 heterocycles. The van der Waals surface area contributed by atoms with E-state index in [1.807, 2.05) is 25.1 Å². The van der Waals surface area contributed by atoms with Gasteiger partial charge in [-0.2, -0.15) is 0 Å². The van der Waals surface area contributed by atoms with Crippen LogP contribution in [0.3, 0.4) is 0 Å². The Hall–Kier alpha value is 0.0500. The molecule has 0 aliphatic carbocycles. The van der Waals surface area contributed by atoms with Crippen LogP contribution in [-0.4, -0.2) is 28.2 Å². The molecule has 1 N–H and O–H groups in total. The number of amides is 1. The van der Waals surface area contributed by atoms with Gasteiger partial charge in [0, 0.05) is 36.9 Å². The summed E-state index contributed by atoms with van der Waals surface area (Å²) in [4.78, 5) is 12.1. The second kappa shape index (κ2) is 7.59. The Bertz CT molecular complexity index is 467. The lowest BCUT2D eigenvalue weighted by atomic mass is 10.2. The number of hydrogen-bond donors (Lipinski definition) is 1. The van der Waals surface area contributed by atoms with E-state index in [4.69, 9.17) is 0 Å². The highest BCUT2D eigenvalue weighted by atomic mass is 127. The molecule has 0 aromatic heterocycles. The SMILES string of the molecule is CC(CCS(C)=O)NC(=O)c1cc(Br)ccc1I. The smallest absolute Gasteiger partial charge is 0.252 e. The van der Waals surface area contributed by atoms with Gasteiger partial charge in [-0.25, -0.2) is 0 Å². The van der Waals surface area contributed by atoms with Crippen molar-refractivity contribution in [2.24, 2.45) is 0 Å². The van der Waals surface area contributed by atoms with Gasteiger partial charge in [0.2, 0.25) is 0 Å². The summed E-state index contributed by atoms with van der Waals surface area (Å²) in [7, 11) is -0.814. The third-order valence-electron chi connectivity index (χ3n) is 2.39. The molecule has 0 spiro atoms. The minimum Gasteiger partial charge on any atom is -0.350 e. The molecule has 0 fully saturated rings. The van der Waals surface area contributed by atoms with Gasteiger partial charge in [0.1, 0.15) is 0 Å². The van der Waals surface area contributed by atoms with Gasteiger partial charge in [-0.1, -0.05) is 15.9 Å². The van der Waals surface area contributed by atoms with Gasteiger partial charge in [0.15, 0.2) is 0 Å². The van der Waals surface area contributed by atoms with Crippen molar-refractivity contribution in [3.63, 3.8) is 0 Å². The van der Waals surface area contributed by atoms with Gasteiger partial charge in [-0.3, -0.25) is 9.00 Å². The van der Waals surface area contributed by atoms with E-state index in [-0.39, 0.29) is 11.9 Å². The second-order valence-electron chi connectivity index (χ2n) is 4.06. The van der Waals surface area contributed by atoms with Crippen LogP contribution in [0.15, 0.2) is 22.7 Å². The minimum absolute atomic E-state index is 0.0242. The molecule has 0 bridgehead atoms. The molecule has 18 heavy (non-hydrogen) atoms. The first kappa shape index (κ1) is 16.1. The lowest BCUT2D eigenvalue weighted by Crippen LogP contribution is -2.34. The van der Waals surface area contributed by atoms with Crippen molar-refractivity contribution in [1.29, 1.82) is 0 Å². The molecule has 2 unspecified atom stereocenters. The number of rotatable bonds is 5. The molecule has 0 radical (unpaired) electrons. The highest BCUT2D eigenvalue weighted by Gasteiger charge is 2.13. The minimum atomic E-state index is -0.814. The molecule has 100 valence electrons. The molecule has 0 saturated carbocycles. The molecule has 1 aromatic rings.